The molecule has 3 aromatic rings. The Balaban J connectivity index is 0.00000222. The largest absolute Gasteiger partial charge is 0.511 e. The van der Waals surface area contributed by atoms with Crippen LogP contribution in [0.25, 0.3) is 0 Å². The number of hydrogen-bond donors (Lipinski definition) is 4. The number of nitrogens with two attached hydrogens (primary N) is 2. The molecule has 6 N–H and O–H groups in total. The third-order valence-corrected chi connectivity index (χ3v) is 6.31. The maximum Gasteiger partial charge on any atom is 0.511 e. The number of halogens is 2. The molecule has 0 fully saturated rings. The Hall–Kier alpha value is -6.20. The Morgan fingerprint density at radius 1 is 1.02 bits per heavy atom. The topological polar surface area (TPSA) is 244 Å². The number of esters is 1. The summed E-state index contributed by atoms with van der Waals surface area (Å²) in [5.74, 6) is -3.50. The van der Waals surface area contributed by atoms with Crippen LogP contribution in [0.2, 0.25) is 0 Å². The molecule has 0 radical (unpaired) electrons. The molecule has 3 rings (SSSR count). The van der Waals surface area contributed by atoms with E-state index in [0.29, 0.717) is 16.7 Å². The first kappa shape index (κ1) is 42.0. The van der Waals surface area contributed by atoms with Crippen molar-refractivity contribution < 1.29 is 52.0 Å². The highest BCUT2D eigenvalue weighted by Crippen LogP contribution is 2.31. The second-order valence-electron chi connectivity index (χ2n) is 11.4. The number of amidine groups is 3. The fourth-order valence-electron chi connectivity index (χ4n) is 4.01. The normalized spacial score (nSPS) is 12.1. The number of ether oxygens (including phenoxy) is 5. The second kappa shape index (κ2) is 20.5. The number of alkyl halides is 1. The van der Waals surface area contributed by atoms with Crippen LogP contribution in [0.4, 0.5) is 19.5 Å². The molecule has 1 heterocycles. The number of nitrogens with one attached hydrogen (secondary N) is 1. The first-order valence-corrected chi connectivity index (χ1v) is 15.4. The van der Waals surface area contributed by atoms with E-state index in [1.165, 1.54) is 39.2 Å². The Labute approximate surface area is 298 Å². The molecule has 0 bridgehead atoms. The van der Waals surface area contributed by atoms with Crippen LogP contribution in [-0.4, -0.2) is 83.1 Å². The molecule has 0 unspecified atom stereocenters. The van der Waals surface area contributed by atoms with Crippen LogP contribution >= 0.6 is 0 Å². The van der Waals surface area contributed by atoms with Gasteiger partial charge in [-0.15, -0.1) is 0 Å². The molecule has 1 atom stereocenters. The smallest absolute Gasteiger partial charge is 0.487 e. The van der Waals surface area contributed by atoms with Gasteiger partial charge >= 0.3 is 18.1 Å². The molecule has 0 aliphatic heterocycles. The molecule has 0 aliphatic carbocycles. The van der Waals surface area contributed by atoms with Gasteiger partial charge in [-0.25, -0.2) is 23.5 Å². The van der Waals surface area contributed by atoms with Crippen LogP contribution in [0.3, 0.4) is 0 Å². The van der Waals surface area contributed by atoms with E-state index in [2.05, 4.69) is 20.0 Å². The van der Waals surface area contributed by atoms with Crippen molar-refractivity contribution in [2.24, 2.45) is 21.5 Å². The second-order valence-corrected chi connectivity index (χ2v) is 11.4. The third kappa shape index (κ3) is 15.1. The number of nitrogen functional groups attached to an aromatic ring is 1. The van der Waals surface area contributed by atoms with Crippen molar-refractivity contribution in [1.82, 2.24) is 9.97 Å². The van der Waals surface area contributed by atoms with E-state index in [1.54, 1.807) is 43.3 Å². The first-order chi connectivity index (χ1) is 24.5. The van der Waals surface area contributed by atoms with Crippen molar-refractivity contribution in [3.05, 3.63) is 82.9 Å². The number of nitrogens with zero attached hydrogens (tertiary/aromatic N) is 4. The Kier molecular flexibility index (Phi) is 16.5. The summed E-state index contributed by atoms with van der Waals surface area (Å²) >= 11 is 0. The lowest BCUT2D eigenvalue weighted by Gasteiger charge is -2.21. The monoisotopic (exact) mass is 729 g/mol. The number of carboxylic acids is 1. The van der Waals surface area contributed by atoms with E-state index in [-0.39, 0.29) is 48.6 Å². The number of carboxylic acid groups (broad SMARTS) is 1. The summed E-state index contributed by atoms with van der Waals surface area (Å²) in [6.07, 6.45) is 1.74. The number of carbonyl (C=O) groups excluding carboxylic acids is 2. The summed E-state index contributed by atoms with van der Waals surface area (Å²) in [7, 11) is 0. The Bertz CT molecular complexity index is 1730. The summed E-state index contributed by atoms with van der Waals surface area (Å²) in [6.45, 7) is 4.87. The van der Waals surface area contributed by atoms with Gasteiger partial charge in [0.05, 0.1) is 0 Å². The van der Waals surface area contributed by atoms with Crippen LogP contribution in [-0.2, 0) is 35.0 Å². The highest BCUT2D eigenvalue weighted by atomic mass is 19.1. The summed E-state index contributed by atoms with van der Waals surface area (Å²) in [4.78, 5) is 48.6. The van der Waals surface area contributed by atoms with Gasteiger partial charge in [-0.3, -0.25) is 15.0 Å². The Morgan fingerprint density at radius 3 is 2.23 bits per heavy atom. The summed E-state index contributed by atoms with van der Waals surface area (Å²) in [6, 6.07) is 10.9. The number of aromatic nitrogens is 2. The third-order valence-electron chi connectivity index (χ3n) is 6.31. The Morgan fingerprint density at radius 2 is 1.65 bits per heavy atom. The molecule has 1 aromatic heterocycles. The quantitative estimate of drug-likeness (QED) is 0.0588. The summed E-state index contributed by atoms with van der Waals surface area (Å²) in [5, 5.41) is 15.1. The number of aryl methyl sites for hydroxylation is 1. The van der Waals surface area contributed by atoms with Gasteiger partial charge in [-0.1, -0.05) is 30.3 Å². The lowest BCUT2D eigenvalue weighted by atomic mass is 9.89. The van der Waals surface area contributed by atoms with Gasteiger partial charge < -0.3 is 40.3 Å². The molecule has 0 amide bonds. The van der Waals surface area contributed by atoms with Crippen LogP contribution in [0, 0.1) is 18.2 Å². The fourth-order valence-corrected chi connectivity index (χ4v) is 4.01. The number of carbonyl (C=O) groups is 3. The summed E-state index contributed by atoms with van der Waals surface area (Å²) in [5.41, 5.74) is 12.6. The first-order valence-electron chi connectivity index (χ1n) is 15.4. The molecule has 18 heteroatoms. The van der Waals surface area contributed by atoms with E-state index in [9.17, 15) is 14.0 Å². The van der Waals surface area contributed by atoms with Gasteiger partial charge in [0.15, 0.2) is 11.6 Å². The zero-order valence-corrected chi connectivity index (χ0v) is 29.2. The van der Waals surface area contributed by atoms with Crippen molar-refractivity contribution in [3.8, 4) is 5.75 Å². The summed E-state index contributed by atoms with van der Waals surface area (Å²) < 4.78 is 54.9. The van der Waals surface area contributed by atoms with E-state index in [4.69, 9.17) is 50.5 Å². The lowest BCUT2D eigenvalue weighted by Crippen LogP contribution is -2.31. The molecule has 0 spiro atoms. The number of benzene rings is 2. The van der Waals surface area contributed by atoms with E-state index in [1.807, 2.05) is 0 Å². The fraction of sp³-hybridized carbons (Fsp3) is 0.353. The van der Waals surface area contributed by atoms with Crippen molar-refractivity contribution in [1.29, 1.82) is 5.41 Å². The predicted molar refractivity (Wildman–Crippen MR) is 185 cm³/mol. The molecule has 16 nitrogen and oxygen atoms in total. The average molecular weight is 730 g/mol. The van der Waals surface area contributed by atoms with Crippen molar-refractivity contribution in [3.63, 3.8) is 0 Å². The molecule has 0 saturated heterocycles. The molecule has 0 saturated carbocycles. The minimum Gasteiger partial charge on any atom is -0.487 e. The standard InChI is InChI=1S/C32H37F2N7O7.C2H4O2/c1-19-14-23(26(34)25(15-19)45-13-12-44-20(2)42)24(16-21-6-8-22(9-7-21)27(35)36)28(37)40-30(41-29-38-10-5-11-39-29)46-18-47-31(43)48-32(3,4)17-33;1-2(3)4/h5-11,14-15,24H,12-13,16-18H2,1-4H3,(H3,35,36)(H2,37,38,39,40,41);1H3,(H,3,4)/t24-;/m1./s1. The molecule has 0 aliphatic rings. The predicted octanol–water partition coefficient (Wildman–Crippen LogP) is 4.49. The number of hydrogen-bond acceptors (Lipinski definition) is 12. The van der Waals surface area contributed by atoms with Gasteiger partial charge in [-0.05, 0) is 50.5 Å². The zero-order chi connectivity index (χ0) is 38.8. The molecular weight excluding hydrogens is 688 g/mol. The van der Waals surface area contributed by atoms with E-state index >= 15 is 4.39 Å². The minimum atomic E-state index is -1.43. The highest BCUT2D eigenvalue weighted by Gasteiger charge is 2.26. The molecule has 2 aromatic carbocycles. The van der Waals surface area contributed by atoms with Gasteiger partial charge in [0, 0.05) is 43.3 Å². The van der Waals surface area contributed by atoms with Crippen molar-refractivity contribution in [2.45, 2.75) is 52.6 Å². The number of aliphatic carboxylic acids is 1. The molecular formula is C34H41F2N7O9. The zero-order valence-electron chi connectivity index (χ0n) is 29.2. The number of rotatable bonds is 14. The SMILES string of the molecule is CC(=O)O.CC(=O)OCCOc1cc(C)cc([C@@H](Cc2ccc(C(=N)N)cc2)C(N)=NC(=Nc2ncccn2)OCOC(=O)OC(C)(C)CF)c1F. The van der Waals surface area contributed by atoms with E-state index in [0.717, 1.165) is 6.92 Å². The lowest BCUT2D eigenvalue weighted by molar-refractivity contribution is -0.141. The highest BCUT2D eigenvalue weighted by molar-refractivity contribution is 5.97. The van der Waals surface area contributed by atoms with Crippen LogP contribution in [0.5, 0.6) is 5.75 Å². The molecule has 280 valence electrons. The van der Waals surface area contributed by atoms with Gasteiger partial charge in [-0.2, -0.15) is 9.98 Å². The van der Waals surface area contributed by atoms with Crippen LogP contribution in [0.15, 0.2) is 64.8 Å². The molecule has 52 heavy (non-hydrogen) atoms. The van der Waals surface area contributed by atoms with Crippen LogP contribution in [0.1, 0.15) is 55.9 Å². The minimum absolute atomic E-state index is 0.0771. The van der Waals surface area contributed by atoms with Crippen molar-refractivity contribution >= 4 is 41.7 Å². The maximum atomic E-state index is 16.1. The van der Waals surface area contributed by atoms with Crippen molar-refractivity contribution in [2.75, 3.05) is 26.7 Å². The van der Waals surface area contributed by atoms with Gasteiger partial charge in [0.25, 0.3) is 11.9 Å². The van der Waals surface area contributed by atoms with E-state index < -0.39 is 54.9 Å². The number of aliphatic imine (C=N–C) groups is 2. The van der Waals surface area contributed by atoms with Gasteiger partial charge in [0.1, 0.15) is 37.2 Å². The average Bonchev–Trinajstić information content (AvgIpc) is 3.07. The van der Waals surface area contributed by atoms with Gasteiger partial charge in [0.2, 0.25) is 6.79 Å². The maximum absolute atomic E-state index is 16.1. The van der Waals surface area contributed by atoms with Crippen LogP contribution < -0.4 is 16.2 Å².